The molecule has 1 unspecified atom stereocenters. The van der Waals surface area contributed by atoms with Crippen LogP contribution in [0.3, 0.4) is 0 Å². The Labute approximate surface area is 112 Å². The minimum atomic E-state index is 0.196. The summed E-state index contributed by atoms with van der Waals surface area (Å²) >= 11 is 0. The lowest BCUT2D eigenvalue weighted by molar-refractivity contribution is 0.180. The van der Waals surface area contributed by atoms with Gasteiger partial charge in [-0.25, -0.2) is 0 Å². The standard InChI is InChI=1S/C16H27NO/c1-11-8-12(2)15(13(3)9-11)18-10-14(17-7)16(4,5)6/h8-9,14,17H,10H2,1-7H3. The molecule has 1 N–H and O–H groups in total. The van der Waals surface area contributed by atoms with Gasteiger partial charge in [0.1, 0.15) is 12.4 Å². The van der Waals surface area contributed by atoms with Crippen LogP contribution < -0.4 is 10.1 Å². The van der Waals surface area contributed by atoms with Crippen molar-refractivity contribution in [3.8, 4) is 5.75 Å². The van der Waals surface area contributed by atoms with Crippen molar-refractivity contribution in [1.29, 1.82) is 0 Å². The second-order valence-electron chi connectivity index (χ2n) is 6.25. The number of ether oxygens (including phenoxy) is 1. The van der Waals surface area contributed by atoms with E-state index in [4.69, 9.17) is 4.74 Å². The predicted octanol–water partition coefficient (Wildman–Crippen LogP) is 3.62. The molecule has 1 rings (SSSR count). The van der Waals surface area contributed by atoms with E-state index in [1.54, 1.807) is 0 Å². The average molecular weight is 249 g/mol. The van der Waals surface area contributed by atoms with Gasteiger partial charge in [0.2, 0.25) is 0 Å². The summed E-state index contributed by atoms with van der Waals surface area (Å²) in [4.78, 5) is 0. The van der Waals surface area contributed by atoms with Crippen LogP contribution in [0.4, 0.5) is 0 Å². The van der Waals surface area contributed by atoms with Gasteiger partial charge in [-0.1, -0.05) is 38.5 Å². The quantitative estimate of drug-likeness (QED) is 0.880. The lowest BCUT2D eigenvalue weighted by atomic mass is 9.87. The summed E-state index contributed by atoms with van der Waals surface area (Å²) in [5.74, 6) is 1.03. The van der Waals surface area contributed by atoms with E-state index in [-0.39, 0.29) is 5.41 Å². The summed E-state index contributed by atoms with van der Waals surface area (Å²) in [6, 6.07) is 4.69. The number of hydrogen-bond acceptors (Lipinski definition) is 2. The normalized spacial score (nSPS) is 13.5. The molecule has 0 fully saturated rings. The van der Waals surface area contributed by atoms with Crippen LogP contribution in [0.5, 0.6) is 5.75 Å². The van der Waals surface area contributed by atoms with Crippen LogP contribution in [0, 0.1) is 26.2 Å². The number of hydrogen-bond donors (Lipinski definition) is 1. The molecule has 2 nitrogen and oxygen atoms in total. The summed E-state index contributed by atoms with van der Waals surface area (Å²) in [6.07, 6.45) is 0. The molecule has 0 aromatic heterocycles. The summed E-state index contributed by atoms with van der Waals surface area (Å²) in [6.45, 7) is 13.7. The average Bonchev–Trinajstić information content (AvgIpc) is 2.19. The van der Waals surface area contributed by atoms with E-state index in [9.17, 15) is 0 Å². The molecule has 0 spiro atoms. The maximum absolute atomic E-state index is 6.04. The smallest absolute Gasteiger partial charge is 0.125 e. The third kappa shape index (κ3) is 3.74. The van der Waals surface area contributed by atoms with Crippen LogP contribution in [0.25, 0.3) is 0 Å². The maximum atomic E-state index is 6.04. The van der Waals surface area contributed by atoms with Gasteiger partial charge in [-0.05, 0) is 44.4 Å². The molecule has 0 amide bonds. The van der Waals surface area contributed by atoms with Gasteiger partial charge < -0.3 is 10.1 Å². The molecule has 0 radical (unpaired) electrons. The topological polar surface area (TPSA) is 21.3 Å². The maximum Gasteiger partial charge on any atom is 0.125 e. The second-order valence-corrected chi connectivity index (χ2v) is 6.25. The minimum absolute atomic E-state index is 0.196. The first kappa shape index (κ1) is 15.0. The largest absolute Gasteiger partial charge is 0.491 e. The Balaban J connectivity index is 2.80. The molecule has 0 heterocycles. The van der Waals surface area contributed by atoms with Gasteiger partial charge in [0, 0.05) is 6.04 Å². The van der Waals surface area contributed by atoms with Gasteiger partial charge >= 0.3 is 0 Å². The fourth-order valence-electron chi connectivity index (χ4n) is 2.33. The van der Waals surface area contributed by atoms with Crippen LogP contribution >= 0.6 is 0 Å². The molecule has 0 saturated carbocycles. The molecular formula is C16H27NO. The van der Waals surface area contributed by atoms with Gasteiger partial charge in [0.05, 0.1) is 0 Å². The van der Waals surface area contributed by atoms with E-state index >= 15 is 0 Å². The highest BCUT2D eigenvalue weighted by molar-refractivity contribution is 5.42. The summed E-state index contributed by atoms with van der Waals surface area (Å²) in [7, 11) is 1.99. The first-order chi connectivity index (χ1) is 8.25. The van der Waals surface area contributed by atoms with Gasteiger partial charge in [-0.2, -0.15) is 0 Å². The Kier molecular flexibility index (Phi) is 4.80. The zero-order valence-electron chi connectivity index (χ0n) is 12.8. The molecular weight excluding hydrogens is 222 g/mol. The SMILES string of the molecule is CNC(COc1c(C)cc(C)cc1C)C(C)(C)C. The molecule has 1 aromatic rings. The molecule has 18 heavy (non-hydrogen) atoms. The lowest BCUT2D eigenvalue weighted by Gasteiger charge is -2.30. The van der Waals surface area contributed by atoms with Crippen molar-refractivity contribution in [3.05, 3.63) is 28.8 Å². The predicted molar refractivity (Wildman–Crippen MR) is 78.5 cm³/mol. The molecule has 0 bridgehead atoms. The number of nitrogens with one attached hydrogen (secondary N) is 1. The van der Waals surface area contributed by atoms with Crippen molar-refractivity contribution in [3.63, 3.8) is 0 Å². The third-order valence-electron chi connectivity index (χ3n) is 3.39. The first-order valence-corrected chi connectivity index (χ1v) is 6.63. The van der Waals surface area contributed by atoms with Crippen molar-refractivity contribution in [2.24, 2.45) is 5.41 Å². The minimum Gasteiger partial charge on any atom is -0.491 e. The Morgan fingerprint density at radius 2 is 1.61 bits per heavy atom. The van der Waals surface area contributed by atoms with E-state index in [1.165, 1.54) is 16.7 Å². The fourth-order valence-corrected chi connectivity index (χ4v) is 2.33. The molecule has 1 aromatic carbocycles. The molecule has 0 saturated heterocycles. The Morgan fingerprint density at radius 3 is 2.00 bits per heavy atom. The zero-order chi connectivity index (χ0) is 13.9. The van der Waals surface area contributed by atoms with Crippen molar-refractivity contribution in [2.75, 3.05) is 13.7 Å². The number of aryl methyl sites for hydroxylation is 3. The molecule has 0 aliphatic carbocycles. The summed E-state index contributed by atoms with van der Waals surface area (Å²) in [5.41, 5.74) is 3.92. The fraction of sp³-hybridized carbons (Fsp3) is 0.625. The highest BCUT2D eigenvalue weighted by atomic mass is 16.5. The third-order valence-corrected chi connectivity index (χ3v) is 3.39. The Hall–Kier alpha value is -1.02. The van der Waals surface area contributed by atoms with Crippen LogP contribution in [-0.4, -0.2) is 19.7 Å². The van der Waals surface area contributed by atoms with Crippen molar-refractivity contribution >= 4 is 0 Å². The van der Waals surface area contributed by atoms with Gasteiger partial charge in [0.25, 0.3) is 0 Å². The Morgan fingerprint density at radius 1 is 1.11 bits per heavy atom. The molecule has 1 atom stereocenters. The summed E-state index contributed by atoms with van der Waals surface area (Å²) in [5, 5.41) is 3.34. The van der Waals surface area contributed by atoms with Crippen LogP contribution in [0.1, 0.15) is 37.5 Å². The lowest BCUT2D eigenvalue weighted by Crippen LogP contribution is -2.42. The van der Waals surface area contributed by atoms with Crippen molar-refractivity contribution < 1.29 is 4.74 Å². The number of benzene rings is 1. The van der Waals surface area contributed by atoms with Gasteiger partial charge in [0.15, 0.2) is 0 Å². The van der Waals surface area contributed by atoms with Crippen LogP contribution in [0.2, 0.25) is 0 Å². The molecule has 0 aliphatic heterocycles. The highest BCUT2D eigenvalue weighted by Gasteiger charge is 2.23. The van der Waals surface area contributed by atoms with E-state index < -0.39 is 0 Å². The van der Waals surface area contributed by atoms with Crippen molar-refractivity contribution in [2.45, 2.75) is 47.6 Å². The summed E-state index contributed by atoms with van der Waals surface area (Å²) < 4.78 is 6.04. The molecule has 2 heteroatoms. The van der Waals surface area contributed by atoms with E-state index in [1.807, 2.05) is 7.05 Å². The van der Waals surface area contributed by atoms with Gasteiger partial charge in [-0.15, -0.1) is 0 Å². The second kappa shape index (κ2) is 5.75. The van der Waals surface area contributed by atoms with E-state index in [0.29, 0.717) is 12.6 Å². The number of rotatable bonds is 4. The van der Waals surface area contributed by atoms with Crippen molar-refractivity contribution in [1.82, 2.24) is 5.32 Å². The highest BCUT2D eigenvalue weighted by Crippen LogP contribution is 2.26. The van der Waals surface area contributed by atoms with E-state index in [0.717, 1.165) is 5.75 Å². The monoisotopic (exact) mass is 249 g/mol. The van der Waals surface area contributed by atoms with E-state index in [2.05, 4.69) is 59.0 Å². The molecule has 0 aliphatic rings. The Bertz CT molecular complexity index is 381. The molecule has 102 valence electrons. The van der Waals surface area contributed by atoms with Crippen LogP contribution in [0.15, 0.2) is 12.1 Å². The number of likely N-dealkylation sites (N-methyl/N-ethyl adjacent to an activating group) is 1. The zero-order valence-corrected chi connectivity index (χ0v) is 12.8. The first-order valence-electron chi connectivity index (χ1n) is 6.63. The van der Waals surface area contributed by atoms with Gasteiger partial charge in [-0.3, -0.25) is 0 Å². The van der Waals surface area contributed by atoms with Crippen LogP contribution in [-0.2, 0) is 0 Å².